The van der Waals surface area contributed by atoms with Gasteiger partial charge in [0.2, 0.25) is 0 Å². The summed E-state index contributed by atoms with van der Waals surface area (Å²) in [4.78, 5) is 0. The van der Waals surface area contributed by atoms with Crippen molar-refractivity contribution in [3.05, 3.63) is 119 Å². The molecule has 0 aliphatic heterocycles. The van der Waals surface area contributed by atoms with Gasteiger partial charge in [0.05, 0.1) is 12.2 Å². The summed E-state index contributed by atoms with van der Waals surface area (Å²) in [6.07, 6.45) is 37.2. The molecule has 4 aliphatic carbocycles. The average Bonchev–Trinajstić information content (AvgIpc) is 3.39. The van der Waals surface area contributed by atoms with Gasteiger partial charge in [0, 0.05) is 0 Å². The molecule has 376 valence electrons. The molecular weight excluding hydrogens is 861 g/mol. The maximum absolute atomic E-state index is 14.4. The molecule has 0 radical (unpaired) electrons. The number of hydrogen-bond acceptors (Lipinski definition) is 1. The van der Waals surface area contributed by atoms with Gasteiger partial charge in [0.1, 0.15) is 0 Å². The van der Waals surface area contributed by atoms with Crippen LogP contribution in [0.3, 0.4) is 0 Å². The van der Waals surface area contributed by atoms with Gasteiger partial charge >= 0.3 is 0 Å². The monoisotopic (exact) mass is 947 g/mol. The molecule has 0 N–H and O–H groups in total. The van der Waals surface area contributed by atoms with Crippen LogP contribution < -0.4 is 0 Å². The number of unbranched alkanes of at least 4 members (excludes halogenated alkanes) is 8. The normalized spacial score (nSPS) is 26.4. The molecule has 4 aliphatic rings. The number of halogens is 4. The van der Waals surface area contributed by atoms with Gasteiger partial charge in [-0.25, -0.2) is 17.6 Å². The van der Waals surface area contributed by atoms with Crippen LogP contribution in [-0.4, -0.2) is 0 Å². The van der Waals surface area contributed by atoms with Gasteiger partial charge in [0.15, 0.2) is 23.3 Å². The third-order valence-electron chi connectivity index (χ3n) is 18.3. The zero-order valence-corrected chi connectivity index (χ0v) is 42.6. The lowest BCUT2D eigenvalue weighted by Crippen LogP contribution is -2.31. The van der Waals surface area contributed by atoms with Crippen molar-refractivity contribution in [1.29, 1.82) is 0 Å². The Morgan fingerprint density at radius 2 is 0.681 bits per heavy atom. The Bertz CT molecular complexity index is 1950. The summed E-state index contributed by atoms with van der Waals surface area (Å²) in [6, 6.07) is 25.3. The second-order valence-corrected chi connectivity index (χ2v) is 22.8. The molecule has 0 amide bonds. The van der Waals surface area contributed by atoms with E-state index in [1.54, 1.807) is 12.1 Å². The fraction of sp³-hybridized carbons (Fsp3) is 0.625. The maximum Gasteiger partial charge on any atom is 0.159 e. The molecule has 2 unspecified atom stereocenters. The van der Waals surface area contributed by atoms with Crippen molar-refractivity contribution in [3.8, 4) is 22.3 Å². The van der Waals surface area contributed by atoms with Crippen LogP contribution in [0.5, 0.6) is 0 Å². The average molecular weight is 947 g/mol. The van der Waals surface area contributed by atoms with Crippen molar-refractivity contribution in [1.82, 2.24) is 0 Å². The molecule has 0 saturated heterocycles. The van der Waals surface area contributed by atoms with Crippen LogP contribution in [0.15, 0.2) is 84.9 Å². The minimum absolute atomic E-state index is 0.112. The summed E-state index contributed by atoms with van der Waals surface area (Å²) in [5.41, 5.74) is 5.36. The Morgan fingerprint density at radius 3 is 1.01 bits per heavy atom. The Kier molecular flexibility index (Phi) is 19.8. The van der Waals surface area contributed by atoms with E-state index in [4.69, 9.17) is 4.74 Å². The quantitative estimate of drug-likeness (QED) is 0.0563. The van der Waals surface area contributed by atoms with Gasteiger partial charge in [-0.1, -0.05) is 177 Å². The molecule has 4 aromatic carbocycles. The molecule has 4 fully saturated rings. The minimum Gasteiger partial charge on any atom is -0.365 e. The van der Waals surface area contributed by atoms with Crippen molar-refractivity contribution in [2.24, 2.45) is 47.3 Å². The number of ether oxygens (including phenoxy) is 1. The first-order valence-corrected chi connectivity index (χ1v) is 28.5. The highest BCUT2D eigenvalue weighted by Crippen LogP contribution is 2.51. The summed E-state index contributed by atoms with van der Waals surface area (Å²) >= 11 is 0. The van der Waals surface area contributed by atoms with Crippen LogP contribution in [0.4, 0.5) is 17.6 Å². The zero-order chi connectivity index (χ0) is 48.0. The first kappa shape index (κ1) is 51.9. The van der Waals surface area contributed by atoms with Crippen LogP contribution in [0.25, 0.3) is 22.3 Å². The number of benzene rings is 4. The predicted octanol–water partition coefficient (Wildman–Crippen LogP) is 20.3. The molecule has 0 bridgehead atoms. The summed E-state index contributed by atoms with van der Waals surface area (Å²) in [6.45, 7) is 4.60. The Hall–Kier alpha value is -3.44. The highest BCUT2D eigenvalue weighted by Gasteiger charge is 2.39. The first-order chi connectivity index (χ1) is 33.8. The van der Waals surface area contributed by atoms with E-state index >= 15 is 0 Å². The van der Waals surface area contributed by atoms with Gasteiger partial charge in [-0.2, -0.15) is 0 Å². The SMILES string of the molecule is CCCCCCCC1CCC(C2CCC(C(OC(c3ccc(-c4ccc(F)c(F)c4)cc3)C3CCC(C4CCC(CCCCCCC)CC4)CC3)c3ccc(-c4ccc(F)c(F)c4)cc3)CC2)CC1. The predicted molar refractivity (Wildman–Crippen MR) is 279 cm³/mol. The first-order valence-electron chi connectivity index (χ1n) is 28.5. The molecule has 5 heteroatoms. The van der Waals surface area contributed by atoms with Crippen LogP contribution in [0, 0.1) is 70.6 Å². The van der Waals surface area contributed by atoms with Crippen LogP contribution >= 0.6 is 0 Å². The fourth-order valence-electron chi connectivity index (χ4n) is 14.0. The molecule has 4 aromatic rings. The minimum atomic E-state index is -0.834. The van der Waals surface area contributed by atoms with Gasteiger partial charge in [-0.15, -0.1) is 0 Å². The molecule has 4 saturated carbocycles. The van der Waals surface area contributed by atoms with E-state index in [1.807, 2.05) is 0 Å². The van der Waals surface area contributed by atoms with Gasteiger partial charge in [-0.3, -0.25) is 0 Å². The van der Waals surface area contributed by atoms with Crippen molar-refractivity contribution >= 4 is 0 Å². The molecule has 2 atom stereocenters. The van der Waals surface area contributed by atoms with Crippen LogP contribution in [0.2, 0.25) is 0 Å². The van der Waals surface area contributed by atoms with Gasteiger partial charge < -0.3 is 4.74 Å². The van der Waals surface area contributed by atoms with Crippen molar-refractivity contribution in [2.45, 2.75) is 206 Å². The van der Waals surface area contributed by atoms with E-state index in [0.29, 0.717) is 23.0 Å². The molecule has 1 nitrogen and oxygen atoms in total. The zero-order valence-electron chi connectivity index (χ0n) is 42.6. The van der Waals surface area contributed by atoms with Crippen molar-refractivity contribution in [2.75, 3.05) is 0 Å². The fourth-order valence-corrected chi connectivity index (χ4v) is 14.0. The van der Waals surface area contributed by atoms with Gasteiger partial charge in [0.25, 0.3) is 0 Å². The maximum atomic E-state index is 14.4. The van der Waals surface area contributed by atoms with Crippen molar-refractivity contribution < 1.29 is 22.3 Å². The second-order valence-electron chi connectivity index (χ2n) is 22.8. The summed E-state index contributed by atoms with van der Waals surface area (Å²) in [5.74, 6) is 2.53. The summed E-state index contributed by atoms with van der Waals surface area (Å²) in [7, 11) is 0. The highest BCUT2D eigenvalue weighted by molar-refractivity contribution is 5.64. The van der Waals surface area contributed by atoms with E-state index in [9.17, 15) is 17.6 Å². The van der Waals surface area contributed by atoms with Gasteiger partial charge in [-0.05, 0) is 182 Å². The van der Waals surface area contributed by atoms with Crippen molar-refractivity contribution in [3.63, 3.8) is 0 Å². The Morgan fingerprint density at radius 1 is 0.362 bits per heavy atom. The molecule has 0 aromatic heterocycles. The molecule has 0 heterocycles. The number of rotatable bonds is 22. The van der Waals surface area contributed by atoms with Crippen LogP contribution in [-0.2, 0) is 4.74 Å². The van der Waals surface area contributed by atoms with E-state index in [0.717, 1.165) is 83.4 Å². The molecule has 69 heavy (non-hydrogen) atoms. The van der Waals surface area contributed by atoms with E-state index in [2.05, 4.69) is 62.4 Å². The lowest BCUT2D eigenvalue weighted by Gasteiger charge is -2.43. The second kappa shape index (κ2) is 26.3. The van der Waals surface area contributed by atoms with E-state index < -0.39 is 23.3 Å². The largest absolute Gasteiger partial charge is 0.365 e. The lowest BCUT2D eigenvalue weighted by molar-refractivity contribution is -0.0934. The third-order valence-corrected chi connectivity index (χ3v) is 18.3. The Labute approximate surface area is 415 Å². The summed E-state index contributed by atoms with van der Waals surface area (Å²) < 4.78 is 64.5. The molecule has 8 rings (SSSR count). The third kappa shape index (κ3) is 14.4. The molecule has 0 spiro atoms. The topological polar surface area (TPSA) is 9.23 Å². The van der Waals surface area contributed by atoms with Crippen LogP contribution in [0.1, 0.15) is 217 Å². The van der Waals surface area contributed by atoms with E-state index in [-0.39, 0.29) is 12.2 Å². The highest BCUT2D eigenvalue weighted by atomic mass is 19.2. The lowest BCUT2D eigenvalue weighted by atomic mass is 9.67. The molecular formula is C64H86F4O. The smallest absolute Gasteiger partial charge is 0.159 e. The Balaban J connectivity index is 0.989. The number of hydrogen-bond donors (Lipinski definition) is 0. The van der Waals surface area contributed by atoms with E-state index in [1.165, 1.54) is 178 Å². The summed E-state index contributed by atoms with van der Waals surface area (Å²) in [5, 5.41) is 0. The standard InChI is InChI=1S/C64H86F4O/c1-3-5-7-9-11-13-45-15-19-47(20-16-45)49-23-31-53(32-24-49)63(55-35-27-51(28-36-55)57-39-41-59(65)61(67)43-57)69-64(56-37-29-52(30-38-56)58-40-42-60(66)62(68)44-58)54-33-25-50(26-34-54)48-21-17-46(18-22-48)14-12-10-8-6-4-2/h27-30,35-50,53-54,63-64H,3-26,31-34H2,1-2H3.